The van der Waals surface area contributed by atoms with E-state index in [-0.39, 0.29) is 31.4 Å². The molecule has 1 unspecified atom stereocenters. The van der Waals surface area contributed by atoms with Gasteiger partial charge in [0.05, 0.1) is 30.5 Å². The van der Waals surface area contributed by atoms with Crippen molar-refractivity contribution in [1.82, 2.24) is 4.90 Å². The number of hydrogen-bond donors (Lipinski definition) is 3. The number of fused-ring (bicyclic) bond motifs is 2. The van der Waals surface area contributed by atoms with Crippen LogP contribution in [0.2, 0.25) is 0 Å². The van der Waals surface area contributed by atoms with Crippen molar-refractivity contribution in [1.29, 1.82) is 0 Å². The number of unbranched alkanes of at least 4 members (excludes halogenated alkanes) is 14. The summed E-state index contributed by atoms with van der Waals surface area (Å²) in [7, 11) is 8.40. The number of ether oxygens (including phenoxy) is 6. The second-order valence-electron chi connectivity index (χ2n) is 19.9. The first kappa shape index (κ1) is 46.8. The van der Waals surface area contributed by atoms with E-state index in [9.17, 15) is 24.9 Å². The van der Waals surface area contributed by atoms with E-state index >= 15 is 0 Å². The van der Waals surface area contributed by atoms with Gasteiger partial charge in [-0.05, 0) is 37.9 Å². The highest BCUT2D eigenvalue weighted by atomic mass is 16.6. The van der Waals surface area contributed by atoms with E-state index in [2.05, 4.69) is 11.8 Å². The highest BCUT2D eigenvalue weighted by Crippen LogP contribution is 2.80. The van der Waals surface area contributed by atoms with Gasteiger partial charge in [-0.1, -0.05) is 115 Å². The van der Waals surface area contributed by atoms with E-state index in [1.54, 1.807) is 45.6 Å². The van der Waals surface area contributed by atoms with E-state index in [4.69, 9.17) is 28.4 Å². The Morgan fingerprint density at radius 1 is 0.787 bits per heavy atom. The van der Waals surface area contributed by atoms with Crippen molar-refractivity contribution in [2.24, 2.45) is 34.5 Å². The van der Waals surface area contributed by atoms with Crippen LogP contribution in [0.3, 0.4) is 0 Å². The minimum Gasteiger partial charge on any atom is -0.455 e. The molecule has 7 rings (SSSR count). The lowest BCUT2D eigenvalue weighted by Gasteiger charge is -2.70. The van der Waals surface area contributed by atoms with Gasteiger partial charge in [0.25, 0.3) is 0 Å². The Morgan fingerprint density at radius 3 is 1.95 bits per heavy atom. The summed E-state index contributed by atoms with van der Waals surface area (Å²) in [5, 5.41) is 38.2. The molecule has 12 heteroatoms. The molecule has 6 aliphatic rings. The fraction of sp³-hybridized carbons (Fsp3) is 0.837. The minimum atomic E-state index is -1.84. The van der Waals surface area contributed by atoms with Crippen LogP contribution in [0.1, 0.15) is 133 Å². The second kappa shape index (κ2) is 19.5. The summed E-state index contributed by atoms with van der Waals surface area (Å²) >= 11 is 0. The van der Waals surface area contributed by atoms with Crippen LogP contribution < -0.4 is 0 Å². The van der Waals surface area contributed by atoms with Gasteiger partial charge in [-0.2, -0.15) is 0 Å². The quantitative estimate of drug-likeness (QED) is 0.0769. The predicted octanol–water partition coefficient (Wildman–Crippen LogP) is 6.50. The molecule has 61 heavy (non-hydrogen) atoms. The number of methoxy groups -OCH3 is 4. The van der Waals surface area contributed by atoms with Crippen molar-refractivity contribution in [3.8, 4) is 0 Å². The normalized spacial score (nSPS) is 40.6. The van der Waals surface area contributed by atoms with Crippen molar-refractivity contribution >= 4 is 11.9 Å². The molecule has 15 atom stereocenters. The van der Waals surface area contributed by atoms with E-state index in [0.29, 0.717) is 24.9 Å². The van der Waals surface area contributed by atoms with Gasteiger partial charge in [0.1, 0.15) is 23.9 Å². The number of aliphatic hydroxyl groups is 3. The van der Waals surface area contributed by atoms with Gasteiger partial charge in [-0.15, -0.1) is 0 Å². The van der Waals surface area contributed by atoms with Gasteiger partial charge >= 0.3 is 11.9 Å². The van der Waals surface area contributed by atoms with Crippen molar-refractivity contribution in [3.63, 3.8) is 0 Å². The summed E-state index contributed by atoms with van der Waals surface area (Å²) in [6.45, 7) is 2.98. The number of piperidine rings is 1. The summed E-state index contributed by atoms with van der Waals surface area (Å²) < 4.78 is 38.5. The number of carbonyl (C=O) groups excluding carboxylic acids is 2. The average Bonchev–Trinajstić information content (AvgIpc) is 3.64. The molecule has 6 fully saturated rings. The van der Waals surface area contributed by atoms with Crippen molar-refractivity contribution in [2.75, 3.05) is 48.6 Å². The Kier molecular flexibility index (Phi) is 15.0. The number of esters is 2. The highest BCUT2D eigenvalue weighted by molar-refractivity contribution is 5.89. The largest absolute Gasteiger partial charge is 0.455 e. The zero-order chi connectivity index (χ0) is 43.6. The highest BCUT2D eigenvalue weighted by Gasteiger charge is 2.92. The first-order valence-electron chi connectivity index (χ1n) is 23.8. The van der Waals surface area contributed by atoms with Crippen LogP contribution in [-0.2, 0) is 33.2 Å². The fourth-order valence-electron chi connectivity index (χ4n) is 14.8. The Bertz CT molecular complexity index is 1620. The standard InChI is InChI=1S/C49H77NO11/c1-7-8-9-10-11-12-13-14-15-16-17-18-19-20-24-27-36(52)61-49-37-33(29-47(55,44(59-6)42(49)53)43(37)60-45(54)32-25-22-21-23-26-32)48-35(57-4)28-34(51)46(31-56-3)30-50(2)41(48)38(49)39(58-5)40(46)48/h21-23,25-26,33-35,37-44,51,53,55H,7-20,24,27-31H2,1-6H3/t33-,34-,35+,37-,38+,39+,40-,41?,42+,43-,44+,46+,47-,48+,49-/m1/s1. The number of aliphatic hydroxyl groups excluding tert-OH is 2. The van der Waals surface area contributed by atoms with Crippen LogP contribution in [0.5, 0.6) is 0 Å². The molecule has 1 aromatic rings. The lowest BCUT2D eigenvalue weighted by atomic mass is 9.42. The molecule has 3 N–H and O–H groups in total. The van der Waals surface area contributed by atoms with Crippen molar-refractivity contribution in [3.05, 3.63) is 35.9 Å². The average molecular weight is 856 g/mol. The van der Waals surface area contributed by atoms with Crippen LogP contribution in [0.15, 0.2) is 30.3 Å². The molecule has 12 nitrogen and oxygen atoms in total. The van der Waals surface area contributed by atoms with Gasteiger partial charge in [0, 0.05) is 82.5 Å². The lowest BCUT2D eigenvalue weighted by molar-refractivity contribution is -0.321. The van der Waals surface area contributed by atoms with E-state index in [0.717, 1.165) is 19.3 Å². The predicted molar refractivity (Wildman–Crippen MR) is 230 cm³/mol. The van der Waals surface area contributed by atoms with E-state index < -0.39 is 88.3 Å². The van der Waals surface area contributed by atoms with E-state index in [1.165, 1.54) is 77.7 Å². The monoisotopic (exact) mass is 856 g/mol. The number of hydrogen-bond acceptors (Lipinski definition) is 12. The lowest BCUT2D eigenvalue weighted by Crippen LogP contribution is -2.81. The summed E-state index contributed by atoms with van der Waals surface area (Å²) in [5.74, 6) is -3.48. The van der Waals surface area contributed by atoms with Gasteiger partial charge in [0.2, 0.25) is 0 Å². The molecule has 1 saturated heterocycles. The van der Waals surface area contributed by atoms with Crippen LogP contribution in [0.4, 0.5) is 0 Å². The molecule has 0 amide bonds. The molecule has 1 heterocycles. The third kappa shape index (κ3) is 7.62. The smallest absolute Gasteiger partial charge is 0.338 e. The number of rotatable bonds is 24. The summed E-state index contributed by atoms with van der Waals surface area (Å²) in [6.07, 6.45) is 12.8. The summed E-state index contributed by atoms with van der Waals surface area (Å²) in [5.41, 5.74) is -4.83. The zero-order valence-corrected chi connectivity index (χ0v) is 37.9. The molecular formula is C49H77NO11. The molecule has 0 radical (unpaired) electrons. The van der Waals surface area contributed by atoms with E-state index in [1.807, 2.05) is 13.1 Å². The Hall–Kier alpha value is -2.16. The molecule has 1 spiro atoms. The van der Waals surface area contributed by atoms with Crippen LogP contribution in [0.25, 0.3) is 0 Å². The van der Waals surface area contributed by atoms with Gasteiger partial charge in [0.15, 0.2) is 5.60 Å². The maximum absolute atomic E-state index is 14.5. The van der Waals surface area contributed by atoms with Crippen molar-refractivity contribution < 1.29 is 53.3 Å². The molecule has 344 valence electrons. The SMILES string of the molecule is CCCCCCCCCCCCCCCCCC(=O)O[C@]12[C@H]3[C@@H](OC(=O)c4ccccc4)[C@](O)(C[C@H]3[C@@]34C5[C@@H]1[C@H](OC)[C@@H]3[C@](COC)(CN5C)[C@H](O)C[C@@H]4OC)[C@@H](OC)[C@@H]2O. The first-order chi connectivity index (χ1) is 29.5. The molecule has 1 aliphatic heterocycles. The minimum absolute atomic E-state index is 0.0847. The third-order valence-electron chi connectivity index (χ3n) is 16.8. The Balaban J connectivity index is 1.16. The van der Waals surface area contributed by atoms with Gasteiger partial charge in [-0.3, -0.25) is 4.79 Å². The number of benzene rings is 1. The fourth-order valence-corrected chi connectivity index (χ4v) is 14.8. The van der Waals surface area contributed by atoms with Gasteiger partial charge in [-0.25, -0.2) is 4.79 Å². The first-order valence-corrected chi connectivity index (χ1v) is 23.8. The maximum atomic E-state index is 14.5. The zero-order valence-electron chi connectivity index (χ0n) is 37.9. The topological polar surface area (TPSA) is 153 Å². The van der Waals surface area contributed by atoms with Crippen molar-refractivity contribution in [2.45, 2.75) is 176 Å². The molecule has 7 bridgehead atoms. The molecule has 0 aromatic heterocycles. The Labute approximate surface area is 364 Å². The molecular weight excluding hydrogens is 779 g/mol. The van der Waals surface area contributed by atoms with Crippen LogP contribution in [0, 0.1) is 34.5 Å². The summed E-state index contributed by atoms with van der Waals surface area (Å²) in [4.78, 5) is 30.8. The Morgan fingerprint density at radius 2 is 1.39 bits per heavy atom. The number of likely N-dealkylation sites (tertiary alicyclic amines) is 1. The molecule has 5 aliphatic carbocycles. The third-order valence-corrected chi connectivity index (χ3v) is 16.8. The number of nitrogens with zero attached hydrogens (tertiary/aromatic N) is 1. The van der Waals surface area contributed by atoms with Crippen LogP contribution >= 0.6 is 0 Å². The second-order valence-corrected chi connectivity index (χ2v) is 19.9. The molecule has 1 aromatic carbocycles. The van der Waals surface area contributed by atoms with Gasteiger partial charge < -0.3 is 48.6 Å². The summed E-state index contributed by atoms with van der Waals surface area (Å²) in [6, 6.07) is 8.29. The maximum Gasteiger partial charge on any atom is 0.338 e. The molecule has 5 saturated carbocycles. The number of carbonyl (C=O) groups is 2. The van der Waals surface area contributed by atoms with Crippen LogP contribution in [-0.4, -0.2) is 135 Å².